The molecule has 7 heteroatoms. The lowest BCUT2D eigenvalue weighted by Gasteiger charge is -2.19. The summed E-state index contributed by atoms with van der Waals surface area (Å²) in [6.45, 7) is 3.67. The Labute approximate surface area is 129 Å². The van der Waals surface area contributed by atoms with Crippen molar-refractivity contribution in [3.63, 3.8) is 0 Å². The van der Waals surface area contributed by atoms with Crippen LogP contribution < -0.4 is 15.4 Å². The molecule has 1 unspecified atom stereocenters. The molecule has 0 bridgehead atoms. The van der Waals surface area contributed by atoms with Crippen molar-refractivity contribution >= 4 is 17.6 Å². The third kappa shape index (κ3) is 4.11. The van der Waals surface area contributed by atoms with Crippen molar-refractivity contribution in [3.05, 3.63) is 24.3 Å². The maximum atomic E-state index is 12.2. The number of methoxy groups -OCH3 is 1. The molecule has 120 valence electrons. The molecule has 7 nitrogen and oxygen atoms in total. The monoisotopic (exact) mass is 307 g/mol. The molecule has 1 heterocycles. The molecular formula is C15H21N3O4. The van der Waals surface area contributed by atoms with E-state index in [1.54, 1.807) is 14.0 Å². The topological polar surface area (TPSA) is 79.9 Å². The van der Waals surface area contributed by atoms with E-state index in [0.29, 0.717) is 26.3 Å². The van der Waals surface area contributed by atoms with Crippen LogP contribution in [0, 0.1) is 0 Å². The van der Waals surface area contributed by atoms with E-state index in [9.17, 15) is 9.59 Å². The van der Waals surface area contributed by atoms with Crippen LogP contribution >= 0.6 is 0 Å². The Morgan fingerprint density at radius 2 is 2.09 bits per heavy atom. The number of carbonyl (C=O) groups is 2. The summed E-state index contributed by atoms with van der Waals surface area (Å²) in [4.78, 5) is 24.9. The Hall–Kier alpha value is -2.28. The van der Waals surface area contributed by atoms with Crippen molar-refractivity contribution in [2.45, 2.75) is 13.0 Å². The highest BCUT2D eigenvalue weighted by Crippen LogP contribution is 2.17. The van der Waals surface area contributed by atoms with Gasteiger partial charge in [0, 0.05) is 25.9 Å². The summed E-state index contributed by atoms with van der Waals surface area (Å²) in [5.41, 5.74) is 0.791. The second-order valence-corrected chi connectivity index (χ2v) is 4.95. The van der Waals surface area contributed by atoms with Gasteiger partial charge in [0.2, 0.25) is 0 Å². The van der Waals surface area contributed by atoms with Crippen LogP contribution in [-0.2, 0) is 9.53 Å². The molecule has 1 fully saturated rings. The number of imide groups is 1. The van der Waals surface area contributed by atoms with Crippen LogP contribution in [-0.4, -0.2) is 56.3 Å². The molecule has 0 spiro atoms. The normalized spacial score (nSPS) is 15.4. The second-order valence-electron chi connectivity index (χ2n) is 4.95. The molecule has 1 saturated heterocycles. The minimum absolute atomic E-state index is 0.240. The van der Waals surface area contributed by atoms with Gasteiger partial charge in [0.05, 0.1) is 6.61 Å². The van der Waals surface area contributed by atoms with E-state index in [2.05, 4.69) is 10.6 Å². The highest BCUT2D eigenvalue weighted by Gasteiger charge is 2.29. The third-order valence-electron chi connectivity index (χ3n) is 3.29. The Bertz CT molecular complexity index is 518. The van der Waals surface area contributed by atoms with E-state index < -0.39 is 6.04 Å². The summed E-state index contributed by atoms with van der Waals surface area (Å²) in [7, 11) is 1.62. The molecule has 1 aliphatic heterocycles. The van der Waals surface area contributed by atoms with Crippen LogP contribution in [0.2, 0.25) is 0 Å². The average molecular weight is 307 g/mol. The largest absolute Gasteiger partial charge is 0.491 e. The quantitative estimate of drug-likeness (QED) is 0.737. The van der Waals surface area contributed by atoms with E-state index in [1.165, 1.54) is 4.90 Å². The molecule has 0 radical (unpaired) electrons. The molecule has 3 amide bonds. The van der Waals surface area contributed by atoms with Gasteiger partial charge < -0.3 is 20.1 Å². The van der Waals surface area contributed by atoms with Gasteiger partial charge in [-0.15, -0.1) is 0 Å². The zero-order valence-electron chi connectivity index (χ0n) is 12.8. The molecule has 2 N–H and O–H groups in total. The van der Waals surface area contributed by atoms with E-state index >= 15 is 0 Å². The predicted octanol–water partition coefficient (Wildman–Crippen LogP) is 1.06. The standard InChI is InChI=1S/C15H21N3O4/c1-11(14(19)18-8-7-16-15(18)20)17-12-3-5-13(6-4-12)22-10-9-21-2/h3-6,11,17H,7-10H2,1-2H3,(H,16,20). The molecule has 2 rings (SSSR count). The Kier molecular flexibility index (Phi) is 5.60. The summed E-state index contributed by atoms with van der Waals surface area (Å²) in [6.07, 6.45) is 0. The Morgan fingerprint density at radius 1 is 1.36 bits per heavy atom. The highest BCUT2D eigenvalue weighted by atomic mass is 16.5. The first-order valence-electron chi connectivity index (χ1n) is 7.19. The number of anilines is 1. The number of nitrogens with zero attached hydrogens (tertiary/aromatic N) is 1. The van der Waals surface area contributed by atoms with Gasteiger partial charge in [0.15, 0.2) is 0 Å². The minimum Gasteiger partial charge on any atom is -0.491 e. The fraction of sp³-hybridized carbons (Fsp3) is 0.467. The maximum absolute atomic E-state index is 12.2. The van der Waals surface area contributed by atoms with Gasteiger partial charge in [-0.1, -0.05) is 0 Å². The van der Waals surface area contributed by atoms with Crippen molar-refractivity contribution in [1.82, 2.24) is 10.2 Å². The fourth-order valence-corrected chi connectivity index (χ4v) is 2.12. The SMILES string of the molecule is COCCOc1ccc(NC(C)C(=O)N2CCNC2=O)cc1. The third-order valence-corrected chi connectivity index (χ3v) is 3.29. The number of amides is 3. The zero-order valence-corrected chi connectivity index (χ0v) is 12.8. The van der Waals surface area contributed by atoms with Gasteiger partial charge in [-0.3, -0.25) is 9.69 Å². The lowest BCUT2D eigenvalue weighted by atomic mass is 10.2. The molecular weight excluding hydrogens is 286 g/mol. The summed E-state index contributed by atoms with van der Waals surface area (Å²) in [5.74, 6) is 0.496. The molecule has 0 saturated carbocycles. The number of rotatable bonds is 7. The average Bonchev–Trinajstić information content (AvgIpc) is 2.94. The number of ether oxygens (including phenoxy) is 2. The summed E-state index contributed by atoms with van der Waals surface area (Å²) < 4.78 is 10.4. The zero-order chi connectivity index (χ0) is 15.9. The molecule has 22 heavy (non-hydrogen) atoms. The van der Waals surface area contributed by atoms with Crippen LogP contribution in [0.25, 0.3) is 0 Å². The summed E-state index contributed by atoms with van der Waals surface area (Å²) in [5, 5.41) is 5.69. The lowest BCUT2D eigenvalue weighted by molar-refractivity contribution is -0.128. The van der Waals surface area contributed by atoms with Crippen LogP contribution in [0.4, 0.5) is 10.5 Å². The van der Waals surface area contributed by atoms with Crippen molar-refractivity contribution in [3.8, 4) is 5.75 Å². The predicted molar refractivity (Wildman–Crippen MR) is 82.0 cm³/mol. The molecule has 1 aliphatic rings. The number of carbonyl (C=O) groups excluding carboxylic acids is 2. The van der Waals surface area contributed by atoms with Gasteiger partial charge in [0.25, 0.3) is 5.91 Å². The minimum atomic E-state index is -0.482. The van der Waals surface area contributed by atoms with Crippen molar-refractivity contribution in [2.24, 2.45) is 0 Å². The van der Waals surface area contributed by atoms with Crippen molar-refractivity contribution < 1.29 is 19.1 Å². The Balaban J connectivity index is 1.87. The van der Waals surface area contributed by atoms with E-state index in [-0.39, 0.29) is 11.9 Å². The van der Waals surface area contributed by atoms with Crippen LogP contribution in [0.1, 0.15) is 6.92 Å². The number of hydrogen-bond donors (Lipinski definition) is 2. The fourth-order valence-electron chi connectivity index (χ4n) is 2.12. The van der Waals surface area contributed by atoms with Gasteiger partial charge in [-0.25, -0.2) is 4.79 Å². The highest BCUT2D eigenvalue weighted by molar-refractivity contribution is 5.99. The number of nitrogens with one attached hydrogen (secondary N) is 2. The van der Waals surface area contributed by atoms with Crippen molar-refractivity contribution in [1.29, 1.82) is 0 Å². The Morgan fingerprint density at radius 3 is 2.68 bits per heavy atom. The second kappa shape index (κ2) is 7.65. The first-order valence-corrected chi connectivity index (χ1v) is 7.19. The van der Waals surface area contributed by atoms with Gasteiger partial charge in [0.1, 0.15) is 18.4 Å². The molecule has 0 aromatic heterocycles. The lowest BCUT2D eigenvalue weighted by Crippen LogP contribution is -2.43. The van der Waals surface area contributed by atoms with E-state index in [1.807, 2.05) is 24.3 Å². The van der Waals surface area contributed by atoms with Gasteiger partial charge in [-0.05, 0) is 31.2 Å². The molecule has 0 aliphatic carbocycles. The number of urea groups is 1. The van der Waals surface area contributed by atoms with Gasteiger partial charge >= 0.3 is 6.03 Å². The molecule has 1 aromatic carbocycles. The summed E-state index contributed by atoms with van der Waals surface area (Å²) >= 11 is 0. The van der Waals surface area contributed by atoms with Crippen LogP contribution in [0.3, 0.4) is 0 Å². The first kappa shape index (κ1) is 16.1. The van der Waals surface area contributed by atoms with E-state index in [0.717, 1.165) is 11.4 Å². The smallest absolute Gasteiger partial charge is 0.324 e. The van der Waals surface area contributed by atoms with Gasteiger partial charge in [-0.2, -0.15) is 0 Å². The number of benzene rings is 1. The molecule has 1 atom stereocenters. The summed E-state index contributed by atoms with van der Waals surface area (Å²) in [6, 6.07) is 6.48. The van der Waals surface area contributed by atoms with Crippen LogP contribution in [0.15, 0.2) is 24.3 Å². The maximum Gasteiger partial charge on any atom is 0.324 e. The van der Waals surface area contributed by atoms with Crippen molar-refractivity contribution in [2.75, 3.05) is 38.7 Å². The van der Waals surface area contributed by atoms with E-state index in [4.69, 9.17) is 9.47 Å². The molecule has 1 aromatic rings. The first-order chi connectivity index (χ1) is 10.6. The number of hydrogen-bond acceptors (Lipinski definition) is 5. The van der Waals surface area contributed by atoms with Crippen LogP contribution in [0.5, 0.6) is 5.75 Å².